The fourth-order valence-corrected chi connectivity index (χ4v) is 10.7. The molecule has 6 heteroatoms. The van der Waals surface area contributed by atoms with Crippen LogP contribution in [0.15, 0.2) is 60.8 Å². The Morgan fingerprint density at radius 2 is 0.481 bits per heavy atom. The molecular weight excluding hydrogens is 997 g/mol. The largest absolute Gasteiger partial charge is 0.462 e. The van der Waals surface area contributed by atoms with Crippen LogP contribution in [0.3, 0.4) is 0 Å². The van der Waals surface area contributed by atoms with Gasteiger partial charge in [0.25, 0.3) is 0 Å². The van der Waals surface area contributed by atoms with E-state index in [4.69, 9.17) is 14.2 Å². The third-order valence-electron chi connectivity index (χ3n) is 16.0. The van der Waals surface area contributed by atoms with Gasteiger partial charge >= 0.3 is 17.9 Å². The van der Waals surface area contributed by atoms with Gasteiger partial charge in [-0.1, -0.05) is 364 Å². The lowest BCUT2D eigenvalue weighted by Gasteiger charge is -2.18. The zero-order valence-electron chi connectivity index (χ0n) is 54.3. The van der Waals surface area contributed by atoms with Crippen LogP contribution in [0.4, 0.5) is 0 Å². The van der Waals surface area contributed by atoms with Crippen LogP contribution in [0.2, 0.25) is 0 Å². The third kappa shape index (κ3) is 67.8. The van der Waals surface area contributed by atoms with Crippen molar-refractivity contribution >= 4 is 17.9 Å². The maximum absolute atomic E-state index is 13.0. The summed E-state index contributed by atoms with van der Waals surface area (Å²) in [6.07, 6.45) is 89.8. The summed E-state index contributed by atoms with van der Waals surface area (Å²) in [6, 6.07) is 0. The van der Waals surface area contributed by atoms with Crippen LogP contribution in [-0.2, 0) is 28.6 Å². The number of unbranched alkanes of at least 4 members (excludes halogenated alkanes) is 45. The molecule has 0 rings (SSSR count). The van der Waals surface area contributed by atoms with Crippen molar-refractivity contribution in [3.63, 3.8) is 0 Å². The second kappa shape index (κ2) is 69.6. The summed E-state index contributed by atoms with van der Waals surface area (Å²) in [7, 11) is 0. The monoisotopic (exact) mass is 1130 g/mol. The highest BCUT2D eigenvalue weighted by atomic mass is 16.6. The van der Waals surface area contributed by atoms with Crippen molar-refractivity contribution in [2.45, 2.75) is 386 Å². The van der Waals surface area contributed by atoms with Crippen LogP contribution in [0.1, 0.15) is 380 Å². The predicted molar refractivity (Wildman–Crippen MR) is 353 cm³/mol. The van der Waals surface area contributed by atoms with E-state index in [-0.39, 0.29) is 37.5 Å². The molecule has 0 saturated heterocycles. The van der Waals surface area contributed by atoms with E-state index in [0.29, 0.717) is 19.3 Å². The van der Waals surface area contributed by atoms with Crippen molar-refractivity contribution in [3.8, 4) is 0 Å². The minimum absolute atomic E-state index is 0.0867. The first kappa shape index (κ1) is 78.1. The van der Waals surface area contributed by atoms with Gasteiger partial charge in [-0.05, 0) is 57.8 Å². The molecule has 0 aromatic carbocycles. The maximum atomic E-state index is 13.0. The molecule has 1 atom stereocenters. The molecule has 0 bridgehead atoms. The number of allylic oxidation sites excluding steroid dienone is 10. The van der Waals surface area contributed by atoms with E-state index in [9.17, 15) is 14.4 Å². The molecule has 472 valence electrons. The van der Waals surface area contributed by atoms with Crippen molar-refractivity contribution in [3.05, 3.63) is 60.8 Å². The van der Waals surface area contributed by atoms with Crippen molar-refractivity contribution in [1.82, 2.24) is 0 Å². The molecule has 0 N–H and O–H groups in total. The standard InChI is InChI=1S/C75H136O6/c1-4-7-10-13-16-19-22-25-28-31-33-35-36-37-38-39-40-42-44-47-50-53-56-59-62-65-68-74(77)80-71-72(70-79-73(76)67-64-61-58-55-52-49-46-43-30-27-24-21-18-15-12-9-6-3)81-75(78)69-66-63-60-57-54-51-48-45-41-34-32-29-26-23-20-17-14-11-8-5-2/h9,12,18,21,27,30,46,49,55,58,72H,4-8,10-11,13-17,19-20,22-26,28-29,31-45,47-48,50-54,56-57,59-71H2,1-3H3/b12-9-,21-18-,30-27-,49-46-,58-55-. The summed E-state index contributed by atoms with van der Waals surface area (Å²) in [4.78, 5) is 38.4. The van der Waals surface area contributed by atoms with E-state index in [1.165, 1.54) is 257 Å². The van der Waals surface area contributed by atoms with E-state index >= 15 is 0 Å². The summed E-state index contributed by atoms with van der Waals surface area (Å²) in [6.45, 7) is 6.55. The number of rotatable bonds is 66. The zero-order valence-corrected chi connectivity index (χ0v) is 54.3. The van der Waals surface area contributed by atoms with Gasteiger partial charge in [-0.25, -0.2) is 0 Å². The summed E-state index contributed by atoms with van der Waals surface area (Å²) < 4.78 is 17.0. The van der Waals surface area contributed by atoms with Gasteiger partial charge < -0.3 is 14.2 Å². The maximum Gasteiger partial charge on any atom is 0.306 e. The van der Waals surface area contributed by atoms with Crippen LogP contribution in [0.5, 0.6) is 0 Å². The topological polar surface area (TPSA) is 78.9 Å². The number of hydrogen-bond acceptors (Lipinski definition) is 6. The molecule has 0 aromatic heterocycles. The Balaban J connectivity index is 4.31. The first-order valence-corrected chi connectivity index (χ1v) is 35.8. The predicted octanol–water partition coefficient (Wildman–Crippen LogP) is 24.7. The lowest BCUT2D eigenvalue weighted by molar-refractivity contribution is -0.167. The zero-order chi connectivity index (χ0) is 58.5. The van der Waals surface area contributed by atoms with Crippen LogP contribution >= 0.6 is 0 Å². The van der Waals surface area contributed by atoms with Crippen molar-refractivity contribution in [2.24, 2.45) is 0 Å². The minimum Gasteiger partial charge on any atom is -0.462 e. The normalized spacial score (nSPS) is 12.4. The van der Waals surface area contributed by atoms with Crippen molar-refractivity contribution < 1.29 is 28.6 Å². The smallest absolute Gasteiger partial charge is 0.306 e. The van der Waals surface area contributed by atoms with Crippen molar-refractivity contribution in [1.29, 1.82) is 0 Å². The fraction of sp³-hybridized carbons (Fsp3) is 0.827. The van der Waals surface area contributed by atoms with Crippen LogP contribution in [0, 0.1) is 0 Å². The van der Waals surface area contributed by atoms with Crippen LogP contribution in [-0.4, -0.2) is 37.2 Å². The molecule has 81 heavy (non-hydrogen) atoms. The van der Waals surface area contributed by atoms with E-state index in [1.807, 2.05) is 0 Å². The fourth-order valence-electron chi connectivity index (χ4n) is 10.7. The van der Waals surface area contributed by atoms with Gasteiger partial charge in [-0.2, -0.15) is 0 Å². The highest BCUT2D eigenvalue weighted by molar-refractivity contribution is 5.71. The van der Waals surface area contributed by atoms with E-state index in [1.54, 1.807) is 0 Å². The summed E-state index contributed by atoms with van der Waals surface area (Å²) in [5.74, 6) is -0.921. The molecule has 0 aliphatic rings. The Hall–Kier alpha value is -2.89. The van der Waals surface area contributed by atoms with E-state index in [2.05, 4.69) is 81.5 Å². The van der Waals surface area contributed by atoms with Gasteiger partial charge in [0.05, 0.1) is 0 Å². The van der Waals surface area contributed by atoms with E-state index < -0.39 is 6.10 Å². The molecule has 6 nitrogen and oxygen atoms in total. The minimum atomic E-state index is -0.796. The average molecular weight is 1130 g/mol. The average Bonchev–Trinajstić information content (AvgIpc) is 3.47. The number of hydrogen-bond donors (Lipinski definition) is 0. The molecule has 0 fully saturated rings. The van der Waals surface area contributed by atoms with Crippen LogP contribution < -0.4 is 0 Å². The van der Waals surface area contributed by atoms with Crippen molar-refractivity contribution in [2.75, 3.05) is 13.2 Å². The Morgan fingerprint density at radius 3 is 0.753 bits per heavy atom. The summed E-state index contributed by atoms with van der Waals surface area (Å²) >= 11 is 0. The highest BCUT2D eigenvalue weighted by Gasteiger charge is 2.19. The Morgan fingerprint density at radius 1 is 0.259 bits per heavy atom. The quantitative estimate of drug-likeness (QED) is 0.0261. The summed E-state index contributed by atoms with van der Waals surface area (Å²) in [5.41, 5.74) is 0. The summed E-state index contributed by atoms with van der Waals surface area (Å²) in [5, 5.41) is 0. The number of carbonyl (C=O) groups is 3. The Labute approximate surface area is 504 Å². The Bertz CT molecular complexity index is 1440. The number of ether oxygens (including phenoxy) is 3. The van der Waals surface area contributed by atoms with Gasteiger partial charge in [-0.15, -0.1) is 0 Å². The first-order chi connectivity index (χ1) is 40.0. The molecule has 0 aromatic rings. The number of carbonyl (C=O) groups excluding carboxylic acids is 3. The lowest BCUT2D eigenvalue weighted by atomic mass is 10.0. The molecule has 0 aliphatic heterocycles. The Kier molecular flexibility index (Phi) is 67.1. The van der Waals surface area contributed by atoms with E-state index in [0.717, 1.165) is 77.0 Å². The lowest BCUT2D eigenvalue weighted by Crippen LogP contribution is -2.30. The molecule has 1 unspecified atom stereocenters. The molecular formula is C75H136O6. The molecule has 0 amide bonds. The number of esters is 3. The SMILES string of the molecule is CC/C=C\C/C=C\C/C=C\C/C=C\C/C=C\CCCC(=O)OCC(COC(=O)CCCCCCCCCCCCCCCCCCCCCCCCCCCC)OC(=O)CCCCCCCCCCCCCCCCCCCCCC. The van der Waals surface area contributed by atoms with Gasteiger partial charge in [0.1, 0.15) is 13.2 Å². The van der Waals surface area contributed by atoms with Gasteiger partial charge in [0, 0.05) is 19.3 Å². The van der Waals surface area contributed by atoms with Gasteiger partial charge in [0.15, 0.2) is 6.10 Å². The van der Waals surface area contributed by atoms with Crippen LogP contribution in [0.25, 0.3) is 0 Å². The highest BCUT2D eigenvalue weighted by Crippen LogP contribution is 2.19. The third-order valence-corrected chi connectivity index (χ3v) is 16.0. The molecule has 0 spiro atoms. The molecule has 0 saturated carbocycles. The second-order valence-electron chi connectivity index (χ2n) is 24.1. The molecule has 0 aliphatic carbocycles. The first-order valence-electron chi connectivity index (χ1n) is 35.8. The molecule has 0 heterocycles. The molecule has 0 radical (unpaired) electrons. The van der Waals surface area contributed by atoms with Gasteiger partial charge in [-0.3, -0.25) is 14.4 Å². The van der Waals surface area contributed by atoms with Gasteiger partial charge in [0.2, 0.25) is 0 Å². The second-order valence-corrected chi connectivity index (χ2v) is 24.1.